The Kier molecular flexibility index (Phi) is 7.69. The standard InChI is InChI=1S/C29H35N3O3S/c1-21-7-14-27(15-8-21)36(34,35)32(28-16-9-22(2)19-23(28)3)20-29(33)30-24(4)25-10-12-26(13-11-25)31-17-5-6-18-31/h7-16,19,24H,5-6,17-18,20H2,1-4H3,(H,30,33). The molecule has 7 heteroatoms. The molecule has 1 aliphatic rings. The number of carbonyl (C=O) groups excluding carboxylic acids is 1. The SMILES string of the molecule is Cc1ccc(S(=O)(=O)N(CC(=O)NC(C)c2ccc(N3CCCC3)cc2)c2ccc(C)cc2C)cc1. The molecule has 0 saturated carbocycles. The number of carbonyl (C=O) groups is 1. The molecule has 3 aromatic rings. The molecule has 1 atom stereocenters. The van der Waals surface area contributed by atoms with Gasteiger partial charge in [0.25, 0.3) is 10.0 Å². The van der Waals surface area contributed by atoms with Crippen molar-refractivity contribution >= 4 is 27.3 Å². The third-order valence-electron chi connectivity index (χ3n) is 6.76. The van der Waals surface area contributed by atoms with Crippen LogP contribution in [0.15, 0.2) is 71.6 Å². The number of rotatable bonds is 8. The molecule has 1 N–H and O–H groups in total. The van der Waals surface area contributed by atoms with Crippen LogP contribution in [0.5, 0.6) is 0 Å². The fraction of sp³-hybridized carbons (Fsp3) is 0.345. The second-order valence-electron chi connectivity index (χ2n) is 9.69. The summed E-state index contributed by atoms with van der Waals surface area (Å²) in [5, 5.41) is 2.99. The molecule has 3 aromatic carbocycles. The Morgan fingerprint density at radius 3 is 2.14 bits per heavy atom. The minimum Gasteiger partial charge on any atom is -0.372 e. The van der Waals surface area contributed by atoms with Crippen LogP contribution in [0.4, 0.5) is 11.4 Å². The van der Waals surface area contributed by atoms with Gasteiger partial charge in [0, 0.05) is 18.8 Å². The molecule has 4 rings (SSSR count). The van der Waals surface area contributed by atoms with Crippen molar-refractivity contribution in [3.8, 4) is 0 Å². The second-order valence-corrected chi connectivity index (χ2v) is 11.6. The van der Waals surface area contributed by atoms with Crippen molar-refractivity contribution in [2.45, 2.75) is 51.5 Å². The van der Waals surface area contributed by atoms with E-state index in [1.165, 1.54) is 22.8 Å². The number of sulfonamides is 1. The number of hydrogen-bond acceptors (Lipinski definition) is 4. The van der Waals surface area contributed by atoms with Crippen LogP contribution in [0.25, 0.3) is 0 Å². The zero-order chi connectivity index (χ0) is 25.9. The highest BCUT2D eigenvalue weighted by atomic mass is 32.2. The molecule has 1 saturated heterocycles. The highest BCUT2D eigenvalue weighted by Gasteiger charge is 2.29. The van der Waals surface area contributed by atoms with Crippen molar-refractivity contribution in [2.24, 2.45) is 0 Å². The van der Waals surface area contributed by atoms with Gasteiger partial charge in [0.2, 0.25) is 5.91 Å². The predicted octanol–water partition coefficient (Wildman–Crippen LogP) is 5.28. The molecule has 0 bridgehead atoms. The summed E-state index contributed by atoms with van der Waals surface area (Å²) >= 11 is 0. The molecule has 0 radical (unpaired) electrons. The van der Waals surface area contributed by atoms with Crippen LogP contribution in [-0.4, -0.2) is 34.0 Å². The number of amides is 1. The average Bonchev–Trinajstić information content (AvgIpc) is 3.38. The molecule has 6 nitrogen and oxygen atoms in total. The number of benzene rings is 3. The Balaban J connectivity index is 1.55. The van der Waals surface area contributed by atoms with Gasteiger partial charge in [-0.25, -0.2) is 8.42 Å². The molecule has 1 amide bonds. The van der Waals surface area contributed by atoms with Crippen molar-refractivity contribution in [3.63, 3.8) is 0 Å². The van der Waals surface area contributed by atoms with E-state index in [2.05, 4.69) is 22.3 Å². The van der Waals surface area contributed by atoms with Gasteiger partial charge in [0.1, 0.15) is 6.54 Å². The number of nitrogens with one attached hydrogen (secondary N) is 1. The summed E-state index contributed by atoms with van der Waals surface area (Å²) in [4.78, 5) is 15.7. The van der Waals surface area contributed by atoms with E-state index in [0.29, 0.717) is 5.69 Å². The van der Waals surface area contributed by atoms with Gasteiger partial charge in [-0.3, -0.25) is 9.10 Å². The van der Waals surface area contributed by atoms with Crippen LogP contribution in [-0.2, 0) is 14.8 Å². The molecule has 36 heavy (non-hydrogen) atoms. The fourth-order valence-corrected chi connectivity index (χ4v) is 6.16. The Morgan fingerprint density at radius 1 is 0.917 bits per heavy atom. The average molecular weight is 506 g/mol. The quantitative estimate of drug-likeness (QED) is 0.452. The summed E-state index contributed by atoms with van der Waals surface area (Å²) in [6.07, 6.45) is 2.44. The van der Waals surface area contributed by atoms with Crippen molar-refractivity contribution in [3.05, 3.63) is 89.0 Å². The number of nitrogens with zero attached hydrogens (tertiary/aromatic N) is 2. The van der Waals surface area contributed by atoms with Gasteiger partial charge in [-0.1, -0.05) is 47.5 Å². The van der Waals surface area contributed by atoms with Crippen LogP contribution in [0.2, 0.25) is 0 Å². The molecule has 0 aliphatic carbocycles. The first-order chi connectivity index (χ1) is 17.1. The summed E-state index contributed by atoms with van der Waals surface area (Å²) in [5.41, 5.74) is 5.46. The van der Waals surface area contributed by atoms with E-state index in [0.717, 1.165) is 35.3 Å². The molecule has 1 aliphatic heterocycles. The lowest BCUT2D eigenvalue weighted by Crippen LogP contribution is -2.42. The van der Waals surface area contributed by atoms with E-state index < -0.39 is 10.0 Å². The van der Waals surface area contributed by atoms with Crippen LogP contribution in [0.3, 0.4) is 0 Å². The third-order valence-corrected chi connectivity index (χ3v) is 8.53. The lowest BCUT2D eigenvalue weighted by molar-refractivity contribution is -0.120. The third kappa shape index (κ3) is 5.73. The lowest BCUT2D eigenvalue weighted by Gasteiger charge is -2.27. The molecular weight excluding hydrogens is 470 g/mol. The molecule has 0 spiro atoms. The van der Waals surface area contributed by atoms with Crippen LogP contribution in [0.1, 0.15) is 48.1 Å². The zero-order valence-corrected chi connectivity index (χ0v) is 22.3. The van der Waals surface area contributed by atoms with Gasteiger partial charge >= 0.3 is 0 Å². The van der Waals surface area contributed by atoms with Gasteiger partial charge in [0.05, 0.1) is 16.6 Å². The minimum absolute atomic E-state index is 0.159. The van der Waals surface area contributed by atoms with Crippen molar-refractivity contribution in [1.29, 1.82) is 0 Å². The second kappa shape index (κ2) is 10.7. The highest BCUT2D eigenvalue weighted by Crippen LogP contribution is 2.28. The maximum absolute atomic E-state index is 13.7. The van der Waals surface area contributed by atoms with Gasteiger partial charge in [-0.05, 0) is 82.0 Å². The molecule has 1 fully saturated rings. The van der Waals surface area contributed by atoms with E-state index in [4.69, 9.17) is 0 Å². The molecular formula is C29H35N3O3S. The number of anilines is 2. The first-order valence-corrected chi connectivity index (χ1v) is 13.9. The van der Waals surface area contributed by atoms with Gasteiger partial charge in [-0.15, -0.1) is 0 Å². The molecule has 0 aromatic heterocycles. The summed E-state index contributed by atoms with van der Waals surface area (Å²) in [6.45, 7) is 9.49. The molecule has 190 valence electrons. The Bertz CT molecular complexity index is 1310. The van der Waals surface area contributed by atoms with Crippen molar-refractivity contribution < 1.29 is 13.2 Å². The minimum atomic E-state index is -3.95. The van der Waals surface area contributed by atoms with Crippen LogP contribution >= 0.6 is 0 Å². The van der Waals surface area contributed by atoms with Gasteiger partial charge in [0.15, 0.2) is 0 Å². The summed E-state index contributed by atoms with van der Waals surface area (Å²) in [5.74, 6) is -0.359. The van der Waals surface area contributed by atoms with Crippen molar-refractivity contribution in [2.75, 3.05) is 28.8 Å². The smallest absolute Gasteiger partial charge is 0.264 e. The maximum atomic E-state index is 13.7. The highest BCUT2D eigenvalue weighted by molar-refractivity contribution is 7.92. The largest absolute Gasteiger partial charge is 0.372 e. The van der Waals surface area contributed by atoms with Crippen LogP contribution in [0, 0.1) is 20.8 Å². The van der Waals surface area contributed by atoms with Gasteiger partial charge in [-0.2, -0.15) is 0 Å². The molecule has 1 unspecified atom stereocenters. The topological polar surface area (TPSA) is 69.7 Å². The van der Waals surface area contributed by atoms with E-state index in [1.807, 2.05) is 52.0 Å². The fourth-order valence-electron chi connectivity index (χ4n) is 4.67. The summed E-state index contributed by atoms with van der Waals surface area (Å²) in [6, 6.07) is 20.2. The zero-order valence-electron chi connectivity index (χ0n) is 21.5. The Hall–Kier alpha value is -3.32. The monoisotopic (exact) mass is 505 g/mol. The van der Waals surface area contributed by atoms with E-state index in [1.54, 1.807) is 30.3 Å². The first kappa shape index (κ1) is 25.8. The predicted molar refractivity (Wildman–Crippen MR) is 146 cm³/mol. The lowest BCUT2D eigenvalue weighted by atomic mass is 10.1. The van der Waals surface area contributed by atoms with E-state index >= 15 is 0 Å². The van der Waals surface area contributed by atoms with Crippen LogP contribution < -0.4 is 14.5 Å². The van der Waals surface area contributed by atoms with E-state index in [-0.39, 0.29) is 23.4 Å². The van der Waals surface area contributed by atoms with E-state index in [9.17, 15) is 13.2 Å². The summed E-state index contributed by atoms with van der Waals surface area (Å²) in [7, 11) is -3.95. The maximum Gasteiger partial charge on any atom is 0.264 e. The Labute approximate surface area is 215 Å². The van der Waals surface area contributed by atoms with Crippen molar-refractivity contribution in [1.82, 2.24) is 5.32 Å². The number of aryl methyl sites for hydroxylation is 3. The Morgan fingerprint density at radius 2 is 1.53 bits per heavy atom. The normalized spacial score (nSPS) is 14.5. The first-order valence-electron chi connectivity index (χ1n) is 12.5. The number of hydrogen-bond donors (Lipinski definition) is 1. The van der Waals surface area contributed by atoms with Gasteiger partial charge < -0.3 is 10.2 Å². The summed E-state index contributed by atoms with van der Waals surface area (Å²) < 4.78 is 28.6. The molecule has 1 heterocycles.